The van der Waals surface area contributed by atoms with Gasteiger partial charge in [0.2, 0.25) is 5.91 Å². The van der Waals surface area contributed by atoms with Gasteiger partial charge in [0.25, 0.3) is 0 Å². The van der Waals surface area contributed by atoms with Gasteiger partial charge in [-0.1, -0.05) is 123 Å². The fourth-order valence-corrected chi connectivity index (χ4v) is 8.31. The van der Waals surface area contributed by atoms with E-state index in [4.69, 9.17) is 44.3 Å². The number of benzene rings is 1. The molecule has 0 radical (unpaired) electrons. The van der Waals surface area contributed by atoms with E-state index in [1.807, 2.05) is 24.9 Å². The minimum Gasteiger partial charge on any atom is -0.497 e. The SMILES string of the molecule is CCCCCCCCCCCCCCCCCOCOCC(COP(=O)(O)OCCN(C)CC)OCOCCCCCCCNC(=O)Cc1c(C)n(C(=O)C#CC#CC#CCl)c2ccc(OC)cc12. The molecule has 0 aliphatic carbocycles. The second-order valence-electron chi connectivity index (χ2n) is 17.3. The lowest BCUT2D eigenvalue weighted by molar-refractivity contribution is -0.143. The van der Waals surface area contributed by atoms with Crippen molar-refractivity contribution in [3.8, 4) is 40.7 Å². The number of unbranched alkanes of at least 4 members (excludes halogenated alkanes) is 18. The van der Waals surface area contributed by atoms with Gasteiger partial charge < -0.3 is 38.8 Å². The van der Waals surface area contributed by atoms with Gasteiger partial charge in [-0.25, -0.2) is 4.57 Å². The Balaban J connectivity index is 1.66. The van der Waals surface area contributed by atoms with Crippen LogP contribution in [0.4, 0.5) is 0 Å². The Morgan fingerprint density at radius 1 is 0.768 bits per heavy atom. The average Bonchev–Trinajstić information content (AvgIpc) is 3.61. The fraction of sp³-hybridized carbons (Fsp3) is 0.698. The number of nitrogens with one attached hydrogen (secondary N) is 1. The summed E-state index contributed by atoms with van der Waals surface area (Å²) >= 11 is 5.30. The van der Waals surface area contributed by atoms with Gasteiger partial charge in [-0.15, -0.1) is 0 Å². The predicted octanol–water partition coefficient (Wildman–Crippen LogP) is 10.7. The van der Waals surface area contributed by atoms with Crippen LogP contribution in [0.2, 0.25) is 0 Å². The van der Waals surface area contributed by atoms with Crippen molar-refractivity contribution in [1.29, 1.82) is 0 Å². The van der Waals surface area contributed by atoms with E-state index in [0.29, 0.717) is 48.8 Å². The van der Waals surface area contributed by atoms with Crippen LogP contribution in [0.1, 0.15) is 158 Å². The number of aromatic nitrogens is 1. The van der Waals surface area contributed by atoms with Crippen LogP contribution in [-0.4, -0.2) is 113 Å². The maximum absolute atomic E-state index is 13.1. The molecule has 14 nitrogen and oxygen atoms in total. The Morgan fingerprint density at radius 3 is 1.97 bits per heavy atom. The van der Waals surface area contributed by atoms with Gasteiger partial charge in [-0.2, -0.15) is 0 Å². The lowest BCUT2D eigenvalue weighted by atomic mass is 10.0. The summed E-state index contributed by atoms with van der Waals surface area (Å²) in [5.74, 6) is 12.3. The zero-order chi connectivity index (χ0) is 50.2. The number of phosphoric acid groups is 1. The summed E-state index contributed by atoms with van der Waals surface area (Å²) in [4.78, 5) is 38.3. The lowest BCUT2D eigenvalue weighted by Crippen LogP contribution is -2.27. The number of amides is 1. The first-order valence-corrected chi connectivity index (χ1v) is 27.2. The quantitative estimate of drug-likeness (QED) is 0.0281. The van der Waals surface area contributed by atoms with E-state index in [-0.39, 0.29) is 45.7 Å². The molecule has 2 aromatic rings. The standard InChI is InChI=1S/C53H83ClN3O11P/c1-6-8-9-10-11-12-13-14-15-16-17-18-19-24-29-37-63-44-65-42-48(43-68-69(60,61)67-39-36-56(4)7-2)66-45-64-38-30-25-20-23-28-35-55-52(58)41-49-46(3)57(53(59)31-26-21-22-27-34-54)51-33-32-47(62-5)40-50(49)51/h32-33,40,48H,6-20,23-25,28-30,35-39,41-45H2,1-5H3,(H,55,58)(H,60,61). The molecule has 1 heterocycles. The van der Waals surface area contributed by atoms with Gasteiger partial charge in [0.1, 0.15) is 25.4 Å². The molecule has 0 aliphatic rings. The second-order valence-corrected chi connectivity index (χ2v) is 18.9. The average molecular weight is 1000 g/mol. The van der Waals surface area contributed by atoms with Gasteiger partial charge in [0.05, 0.1) is 38.9 Å². The summed E-state index contributed by atoms with van der Waals surface area (Å²) in [6.07, 6.45) is 23.5. The van der Waals surface area contributed by atoms with E-state index < -0.39 is 19.8 Å². The van der Waals surface area contributed by atoms with Gasteiger partial charge in [-0.05, 0) is 87.0 Å². The first kappa shape index (κ1) is 61.7. The first-order valence-electron chi connectivity index (χ1n) is 25.3. The first-order chi connectivity index (χ1) is 33.6. The number of fused-ring (bicyclic) bond motifs is 1. The molecule has 0 saturated carbocycles. The third-order valence-corrected chi connectivity index (χ3v) is 12.8. The number of hydrogen-bond acceptors (Lipinski definition) is 11. The maximum atomic E-state index is 13.1. The molecular weight excluding hydrogens is 921 g/mol. The smallest absolute Gasteiger partial charge is 0.472 e. The maximum Gasteiger partial charge on any atom is 0.472 e. The molecule has 0 aliphatic heterocycles. The molecule has 388 valence electrons. The van der Waals surface area contributed by atoms with Gasteiger partial charge in [0, 0.05) is 60.5 Å². The Hall–Kier alpha value is -3.42. The number of phosphoric ester groups is 1. The third-order valence-electron chi connectivity index (χ3n) is 11.7. The van der Waals surface area contributed by atoms with Crippen molar-refractivity contribution in [2.45, 2.75) is 162 Å². The molecule has 69 heavy (non-hydrogen) atoms. The molecule has 2 unspecified atom stereocenters. The largest absolute Gasteiger partial charge is 0.497 e. The van der Waals surface area contributed by atoms with Crippen LogP contribution in [0.5, 0.6) is 5.75 Å². The van der Waals surface area contributed by atoms with Crippen molar-refractivity contribution >= 4 is 42.1 Å². The Morgan fingerprint density at radius 2 is 1.36 bits per heavy atom. The number of rotatable bonds is 42. The Kier molecular flexibility index (Phi) is 36.0. The van der Waals surface area contributed by atoms with Crippen molar-refractivity contribution in [3.63, 3.8) is 0 Å². The number of carbonyl (C=O) groups is 2. The van der Waals surface area contributed by atoms with Crippen LogP contribution in [0.3, 0.4) is 0 Å². The second kappa shape index (κ2) is 40.2. The summed E-state index contributed by atoms with van der Waals surface area (Å²) in [6, 6.07) is 5.34. The predicted molar refractivity (Wildman–Crippen MR) is 275 cm³/mol. The molecular formula is C53H83ClN3O11P. The van der Waals surface area contributed by atoms with Gasteiger partial charge >= 0.3 is 13.7 Å². The highest BCUT2D eigenvalue weighted by Gasteiger charge is 2.24. The minimum absolute atomic E-state index is 0.0346. The summed E-state index contributed by atoms with van der Waals surface area (Å²) in [5, 5.41) is 5.88. The fourth-order valence-electron chi connectivity index (χ4n) is 7.52. The van der Waals surface area contributed by atoms with Gasteiger partial charge in [0.15, 0.2) is 0 Å². The summed E-state index contributed by atoms with van der Waals surface area (Å²) in [5.41, 5.74) is 1.95. The summed E-state index contributed by atoms with van der Waals surface area (Å²) in [6.45, 7) is 8.91. The molecule has 16 heteroatoms. The summed E-state index contributed by atoms with van der Waals surface area (Å²) in [7, 11) is -0.830. The number of hydrogen-bond donors (Lipinski definition) is 2. The Bertz CT molecular complexity index is 1960. The zero-order valence-electron chi connectivity index (χ0n) is 42.5. The molecule has 2 atom stereocenters. The summed E-state index contributed by atoms with van der Waals surface area (Å²) < 4.78 is 52.8. The Labute approximate surface area is 419 Å². The van der Waals surface area contributed by atoms with Crippen molar-refractivity contribution in [1.82, 2.24) is 14.8 Å². The van der Waals surface area contributed by atoms with Crippen molar-refractivity contribution < 1.29 is 51.8 Å². The lowest BCUT2D eigenvalue weighted by Gasteiger charge is -2.20. The highest BCUT2D eigenvalue weighted by Crippen LogP contribution is 2.43. The molecule has 0 fully saturated rings. The topological polar surface area (TPSA) is 156 Å². The van der Waals surface area contributed by atoms with E-state index in [1.165, 1.54) is 88.0 Å². The zero-order valence-corrected chi connectivity index (χ0v) is 44.1. The molecule has 0 bridgehead atoms. The number of nitrogens with zero attached hydrogens (tertiary/aromatic N) is 2. The van der Waals surface area contributed by atoms with E-state index >= 15 is 0 Å². The monoisotopic (exact) mass is 1000 g/mol. The van der Waals surface area contributed by atoms with Crippen molar-refractivity contribution in [3.05, 3.63) is 29.5 Å². The van der Waals surface area contributed by atoms with Crippen molar-refractivity contribution in [2.24, 2.45) is 0 Å². The number of ether oxygens (including phenoxy) is 5. The van der Waals surface area contributed by atoms with E-state index in [9.17, 15) is 19.0 Å². The van der Waals surface area contributed by atoms with Crippen LogP contribution in [0.25, 0.3) is 10.9 Å². The molecule has 1 aromatic heterocycles. The van der Waals surface area contributed by atoms with Crippen LogP contribution >= 0.6 is 19.4 Å². The highest BCUT2D eigenvalue weighted by molar-refractivity contribution is 7.47. The van der Waals surface area contributed by atoms with Gasteiger partial charge in [-0.3, -0.25) is 23.2 Å². The molecule has 1 amide bonds. The molecule has 0 spiro atoms. The highest BCUT2D eigenvalue weighted by atomic mass is 35.5. The van der Waals surface area contributed by atoms with E-state index in [2.05, 4.69) is 47.2 Å². The number of likely N-dealkylation sites (N-methyl/N-ethyl adjacent to an activating group) is 1. The minimum atomic E-state index is -4.29. The number of carbonyl (C=O) groups excluding carboxylic acids is 2. The third kappa shape index (κ3) is 29.5. The number of methoxy groups -OCH3 is 1. The molecule has 2 rings (SSSR count). The van der Waals surface area contributed by atoms with Crippen molar-refractivity contribution in [2.75, 3.05) is 80.4 Å². The van der Waals surface area contributed by atoms with Crippen LogP contribution < -0.4 is 10.1 Å². The van der Waals surface area contributed by atoms with E-state index in [0.717, 1.165) is 56.9 Å². The molecule has 0 saturated heterocycles. The normalized spacial score (nSPS) is 12.4. The molecule has 1 aromatic carbocycles. The number of halogens is 1. The van der Waals surface area contributed by atoms with Crippen LogP contribution in [0, 0.1) is 41.9 Å². The van der Waals surface area contributed by atoms with Crippen LogP contribution in [0.15, 0.2) is 18.2 Å². The van der Waals surface area contributed by atoms with Crippen LogP contribution in [-0.2, 0) is 43.8 Å². The van der Waals surface area contributed by atoms with E-state index in [1.54, 1.807) is 26.2 Å². The molecule has 2 N–H and O–H groups in total.